The van der Waals surface area contributed by atoms with Gasteiger partial charge in [-0.3, -0.25) is 9.52 Å². The van der Waals surface area contributed by atoms with Gasteiger partial charge in [-0.2, -0.15) is 4.31 Å². The van der Waals surface area contributed by atoms with E-state index in [0.29, 0.717) is 18.7 Å². The lowest BCUT2D eigenvalue weighted by Crippen LogP contribution is -2.30. The lowest BCUT2D eigenvalue weighted by Gasteiger charge is -2.19. The minimum Gasteiger partial charge on any atom is -0.295 e. The fourth-order valence-electron chi connectivity index (χ4n) is 2.52. The van der Waals surface area contributed by atoms with Crippen LogP contribution in [0.4, 0.5) is 5.69 Å². The summed E-state index contributed by atoms with van der Waals surface area (Å²) in [5.74, 6) is -0.166. The first-order valence-electron chi connectivity index (χ1n) is 8.36. The second kappa shape index (κ2) is 8.20. The maximum Gasteiger partial charge on any atom is 0.261 e. The first-order valence-corrected chi connectivity index (χ1v) is 11.3. The number of carbonyl (C=O) groups is 1. The van der Waals surface area contributed by atoms with Crippen LogP contribution >= 0.6 is 0 Å². The van der Waals surface area contributed by atoms with E-state index in [9.17, 15) is 21.6 Å². The number of anilines is 1. The third kappa shape index (κ3) is 4.74. The fourth-order valence-corrected chi connectivity index (χ4v) is 5.07. The summed E-state index contributed by atoms with van der Waals surface area (Å²) in [6, 6.07) is 11.2. The molecule has 0 amide bonds. The van der Waals surface area contributed by atoms with Gasteiger partial charge in [-0.05, 0) is 37.3 Å². The largest absolute Gasteiger partial charge is 0.295 e. The number of Topliss-reactive ketones (excluding diaryl/α,β-unsaturated/α-hetero) is 1. The number of hydrogen-bond acceptors (Lipinski definition) is 5. The van der Waals surface area contributed by atoms with E-state index in [1.165, 1.54) is 59.8 Å². The number of sulfonamides is 2. The summed E-state index contributed by atoms with van der Waals surface area (Å²) in [6.45, 7) is 5.49. The molecule has 0 fully saturated rings. The molecule has 0 unspecified atom stereocenters. The Morgan fingerprint density at radius 3 is 2.04 bits per heavy atom. The van der Waals surface area contributed by atoms with Gasteiger partial charge in [0.25, 0.3) is 10.0 Å². The third-order valence-electron chi connectivity index (χ3n) is 4.00. The van der Waals surface area contributed by atoms with Crippen LogP contribution in [0.3, 0.4) is 0 Å². The van der Waals surface area contributed by atoms with Gasteiger partial charge in [0.05, 0.1) is 15.5 Å². The first-order chi connectivity index (χ1) is 12.6. The van der Waals surface area contributed by atoms with Crippen LogP contribution in [0, 0.1) is 0 Å². The standard InChI is InChI=1S/C18H22N2O5S2/c1-4-20(5-2)27(24,25)18-8-6-7-16(13-18)19-26(22,23)17-11-9-15(10-12-17)14(3)21/h6-13,19H,4-5H2,1-3H3. The Kier molecular flexibility index (Phi) is 6.40. The van der Waals surface area contributed by atoms with Gasteiger partial charge < -0.3 is 0 Å². The maximum absolute atomic E-state index is 12.6. The summed E-state index contributed by atoms with van der Waals surface area (Å²) >= 11 is 0. The van der Waals surface area contributed by atoms with E-state index in [-0.39, 0.29) is 21.3 Å². The molecular weight excluding hydrogens is 388 g/mol. The number of nitrogens with one attached hydrogen (secondary N) is 1. The van der Waals surface area contributed by atoms with Gasteiger partial charge in [-0.1, -0.05) is 32.0 Å². The van der Waals surface area contributed by atoms with Crippen molar-refractivity contribution in [3.63, 3.8) is 0 Å². The van der Waals surface area contributed by atoms with Gasteiger partial charge >= 0.3 is 0 Å². The summed E-state index contributed by atoms with van der Waals surface area (Å²) in [5, 5.41) is 0. The average molecular weight is 411 g/mol. The molecule has 0 saturated heterocycles. The van der Waals surface area contributed by atoms with Crippen LogP contribution in [-0.2, 0) is 20.0 Å². The fraction of sp³-hybridized carbons (Fsp3) is 0.278. The molecule has 0 spiro atoms. The van der Waals surface area contributed by atoms with Crippen molar-refractivity contribution in [3.8, 4) is 0 Å². The molecular formula is C18H22N2O5S2. The molecule has 146 valence electrons. The lowest BCUT2D eigenvalue weighted by atomic mass is 10.2. The molecule has 0 radical (unpaired) electrons. The maximum atomic E-state index is 12.6. The Bertz CT molecular complexity index is 1030. The average Bonchev–Trinajstić information content (AvgIpc) is 2.62. The van der Waals surface area contributed by atoms with Crippen molar-refractivity contribution in [2.24, 2.45) is 0 Å². The molecule has 2 rings (SSSR count). The van der Waals surface area contributed by atoms with Gasteiger partial charge in [-0.15, -0.1) is 0 Å². The highest BCUT2D eigenvalue weighted by Crippen LogP contribution is 2.22. The second-order valence-electron chi connectivity index (χ2n) is 5.80. The zero-order valence-corrected chi connectivity index (χ0v) is 17.0. The molecule has 0 bridgehead atoms. The molecule has 2 aromatic rings. The summed E-state index contributed by atoms with van der Waals surface area (Å²) < 4.78 is 53.9. The quantitative estimate of drug-likeness (QED) is 0.675. The zero-order valence-electron chi connectivity index (χ0n) is 15.3. The number of ketones is 1. The number of carbonyl (C=O) groups excluding carboxylic acids is 1. The van der Waals surface area contributed by atoms with Crippen molar-refractivity contribution in [1.82, 2.24) is 4.31 Å². The monoisotopic (exact) mass is 410 g/mol. The van der Waals surface area contributed by atoms with Crippen LogP contribution in [0.5, 0.6) is 0 Å². The highest BCUT2D eigenvalue weighted by molar-refractivity contribution is 7.92. The van der Waals surface area contributed by atoms with Crippen LogP contribution in [0.1, 0.15) is 31.1 Å². The molecule has 9 heteroatoms. The Morgan fingerprint density at radius 1 is 0.926 bits per heavy atom. The Morgan fingerprint density at radius 2 is 1.52 bits per heavy atom. The summed E-state index contributed by atoms with van der Waals surface area (Å²) in [5.41, 5.74) is 0.542. The SMILES string of the molecule is CCN(CC)S(=O)(=O)c1cccc(NS(=O)(=O)c2ccc(C(C)=O)cc2)c1. The minimum absolute atomic E-state index is 0.0123. The minimum atomic E-state index is -3.92. The summed E-state index contributed by atoms with van der Waals surface area (Å²) in [4.78, 5) is 11.3. The van der Waals surface area contributed by atoms with E-state index in [1.54, 1.807) is 13.8 Å². The van der Waals surface area contributed by atoms with Crippen molar-refractivity contribution in [2.75, 3.05) is 17.8 Å². The number of rotatable bonds is 8. The smallest absolute Gasteiger partial charge is 0.261 e. The van der Waals surface area contributed by atoms with Gasteiger partial charge in [0.15, 0.2) is 5.78 Å². The number of nitrogens with zero attached hydrogens (tertiary/aromatic N) is 1. The van der Waals surface area contributed by atoms with Crippen molar-refractivity contribution >= 4 is 31.5 Å². The normalized spacial score (nSPS) is 12.1. The predicted octanol–water partition coefficient (Wildman–Crippen LogP) is 2.72. The topological polar surface area (TPSA) is 101 Å². The summed E-state index contributed by atoms with van der Waals surface area (Å²) in [7, 11) is -7.62. The van der Waals surface area contributed by atoms with E-state index in [4.69, 9.17) is 0 Å². The first kappa shape index (κ1) is 21.1. The molecule has 1 N–H and O–H groups in total. The Balaban J connectivity index is 2.33. The second-order valence-corrected chi connectivity index (χ2v) is 9.42. The van der Waals surface area contributed by atoms with Crippen LogP contribution in [0.2, 0.25) is 0 Å². The molecule has 0 heterocycles. The van der Waals surface area contributed by atoms with Gasteiger partial charge in [0, 0.05) is 18.7 Å². The van der Waals surface area contributed by atoms with E-state index < -0.39 is 20.0 Å². The highest BCUT2D eigenvalue weighted by Gasteiger charge is 2.22. The number of hydrogen-bond donors (Lipinski definition) is 1. The third-order valence-corrected chi connectivity index (χ3v) is 7.44. The molecule has 0 saturated carbocycles. The van der Waals surface area contributed by atoms with Crippen molar-refractivity contribution in [2.45, 2.75) is 30.6 Å². The molecule has 0 atom stereocenters. The van der Waals surface area contributed by atoms with Gasteiger partial charge in [-0.25, -0.2) is 16.8 Å². The van der Waals surface area contributed by atoms with Gasteiger partial charge in [0.2, 0.25) is 10.0 Å². The van der Waals surface area contributed by atoms with E-state index in [0.717, 1.165) is 0 Å². The molecule has 2 aromatic carbocycles. The van der Waals surface area contributed by atoms with Crippen LogP contribution in [0.15, 0.2) is 58.3 Å². The molecule has 0 aliphatic heterocycles. The van der Waals surface area contributed by atoms with Gasteiger partial charge in [0.1, 0.15) is 0 Å². The molecule has 0 aliphatic carbocycles. The van der Waals surface area contributed by atoms with Crippen molar-refractivity contribution in [1.29, 1.82) is 0 Å². The van der Waals surface area contributed by atoms with Crippen molar-refractivity contribution < 1.29 is 21.6 Å². The van der Waals surface area contributed by atoms with E-state index >= 15 is 0 Å². The van der Waals surface area contributed by atoms with E-state index in [2.05, 4.69) is 4.72 Å². The predicted molar refractivity (Wildman–Crippen MR) is 104 cm³/mol. The number of benzene rings is 2. The van der Waals surface area contributed by atoms with Crippen molar-refractivity contribution in [3.05, 3.63) is 54.1 Å². The highest BCUT2D eigenvalue weighted by atomic mass is 32.2. The van der Waals surface area contributed by atoms with Crippen LogP contribution in [-0.4, -0.2) is 40.0 Å². The Labute approximate surface area is 160 Å². The summed E-state index contributed by atoms with van der Waals surface area (Å²) in [6.07, 6.45) is 0. The molecule has 0 aromatic heterocycles. The molecule has 0 aliphatic rings. The zero-order chi connectivity index (χ0) is 20.2. The van der Waals surface area contributed by atoms with Crippen LogP contribution in [0.25, 0.3) is 0 Å². The van der Waals surface area contributed by atoms with Crippen LogP contribution < -0.4 is 4.72 Å². The molecule has 7 nitrogen and oxygen atoms in total. The molecule has 27 heavy (non-hydrogen) atoms. The van der Waals surface area contributed by atoms with E-state index in [1.807, 2.05) is 0 Å². The lowest BCUT2D eigenvalue weighted by molar-refractivity contribution is 0.101. The Hall–Kier alpha value is -2.23.